The number of nitrogens with one attached hydrogen (secondary N) is 3. The lowest BCUT2D eigenvalue weighted by atomic mass is 9.81. The number of carbonyl (C=O) groups is 3. The van der Waals surface area contributed by atoms with E-state index < -0.39 is 59.6 Å². The van der Waals surface area contributed by atoms with E-state index >= 15 is 8.78 Å². The summed E-state index contributed by atoms with van der Waals surface area (Å²) in [7, 11) is 0. The zero-order valence-electron chi connectivity index (χ0n) is 22.3. The normalized spacial score (nSPS) is 20.1. The number of aliphatic hydroxyl groups excluding tert-OH is 1. The van der Waals surface area contributed by atoms with Gasteiger partial charge in [-0.2, -0.15) is 0 Å². The number of fused-ring (bicyclic) bond motifs is 1. The van der Waals surface area contributed by atoms with Gasteiger partial charge in [0.15, 0.2) is 6.10 Å². The number of likely N-dealkylation sites (tertiary alicyclic amines) is 1. The Bertz CT molecular complexity index is 1320. The fraction of sp³-hybridized carbons (Fsp3) is 0.414. The van der Waals surface area contributed by atoms with E-state index in [9.17, 15) is 23.9 Å². The monoisotopic (exact) mass is 558 g/mol. The van der Waals surface area contributed by atoms with Crippen molar-refractivity contribution >= 4 is 23.4 Å². The summed E-state index contributed by atoms with van der Waals surface area (Å²) in [4.78, 5) is 40.6. The predicted octanol–water partition coefficient (Wildman–Crippen LogP) is 2.67. The molecule has 4 rings (SSSR count). The second-order valence-electron chi connectivity index (χ2n) is 10.7. The molecule has 2 heterocycles. The van der Waals surface area contributed by atoms with Gasteiger partial charge in [-0.15, -0.1) is 6.58 Å². The Labute approximate surface area is 230 Å². The molecule has 2 aromatic carbocycles. The largest absolute Gasteiger partial charge is 0.384 e. The first-order chi connectivity index (χ1) is 18.9. The first-order valence-electron chi connectivity index (χ1n) is 13.0. The van der Waals surface area contributed by atoms with Crippen molar-refractivity contribution in [1.29, 1.82) is 0 Å². The Balaban J connectivity index is 1.65. The Morgan fingerprint density at radius 3 is 2.65 bits per heavy atom. The van der Waals surface area contributed by atoms with Crippen LogP contribution in [0.2, 0.25) is 0 Å². The molecule has 4 N–H and O–H groups in total. The average Bonchev–Trinajstić information content (AvgIpc) is 3.45. The summed E-state index contributed by atoms with van der Waals surface area (Å²) in [6, 6.07) is 7.63. The lowest BCUT2D eigenvalue weighted by molar-refractivity contribution is -0.148. The van der Waals surface area contributed by atoms with Gasteiger partial charge >= 0.3 is 0 Å². The van der Waals surface area contributed by atoms with Crippen molar-refractivity contribution in [3.05, 3.63) is 77.6 Å². The number of aliphatic hydroxyl groups is 1. The van der Waals surface area contributed by atoms with E-state index in [-0.39, 0.29) is 13.0 Å². The van der Waals surface area contributed by atoms with Gasteiger partial charge < -0.3 is 26.0 Å². The Morgan fingerprint density at radius 1 is 1.23 bits per heavy atom. The highest BCUT2D eigenvalue weighted by atomic mass is 19.3. The molecule has 2 aliphatic rings. The molecule has 0 unspecified atom stereocenters. The Kier molecular flexibility index (Phi) is 8.25. The topological polar surface area (TPSA) is 111 Å². The van der Waals surface area contributed by atoms with E-state index in [1.807, 2.05) is 6.07 Å². The maximum absolute atomic E-state index is 15.1. The smallest absolute Gasteiger partial charge is 0.272 e. The molecule has 8 nitrogen and oxygen atoms in total. The number of hydrogen-bond acceptors (Lipinski definition) is 5. The highest BCUT2D eigenvalue weighted by Gasteiger charge is 2.64. The molecule has 2 aromatic rings. The van der Waals surface area contributed by atoms with E-state index in [1.165, 1.54) is 38.1 Å². The van der Waals surface area contributed by atoms with Crippen molar-refractivity contribution in [1.82, 2.24) is 15.5 Å². The van der Waals surface area contributed by atoms with Crippen molar-refractivity contribution in [3.8, 4) is 0 Å². The number of hydrogen-bond donors (Lipinski definition) is 4. The molecule has 0 radical (unpaired) electrons. The zero-order valence-corrected chi connectivity index (χ0v) is 22.3. The van der Waals surface area contributed by atoms with Crippen LogP contribution in [0.5, 0.6) is 0 Å². The Hall–Kier alpha value is -3.86. The van der Waals surface area contributed by atoms with Crippen molar-refractivity contribution in [2.45, 2.75) is 50.8 Å². The third-order valence-electron chi connectivity index (χ3n) is 7.67. The highest BCUT2D eigenvalue weighted by molar-refractivity contribution is 5.98. The van der Waals surface area contributed by atoms with Crippen molar-refractivity contribution in [2.75, 3.05) is 25.0 Å². The molecular formula is C29H33F3N4O4. The molecule has 40 heavy (non-hydrogen) atoms. The summed E-state index contributed by atoms with van der Waals surface area (Å²) in [5.41, 5.74) is 0.310. The number of rotatable bonds is 9. The predicted molar refractivity (Wildman–Crippen MR) is 143 cm³/mol. The van der Waals surface area contributed by atoms with E-state index in [0.29, 0.717) is 29.0 Å². The van der Waals surface area contributed by atoms with Crippen molar-refractivity contribution in [2.24, 2.45) is 5.41 Å². The van der Waals surface area contributed by atoms with Crippen molar-refractivity contribution in [3.63, 3.8) is 0 Å². The summed E-state index contributed by atoms with van der Waals surface area (Å²) < 4.78 is 44.1. The van der Waals surface area contributed by atoms with Crippen LogP contribution in [0, 0.1) is 11.2 Å². The lowest BCUT2D eigenvalue weighted by Gasteiger charge is -2.34. The van der Waals surface area contributed by atoms with Gasteiger partial charge in [-0.25, -0.2) is 13.2 Å². The third-order valence-corrected chi connectivity index (χ3v) is 7.67. The van der Waals surface area contributed by atoms with E-state index in [2.05, 4.69) is 22.5 Å². The van der Waals surface area contributed by atoms with Crippen LogP contribution in [-0.4, -0.2) is 71.5 Å². The quantitative estimate of drug-likeness (QED) is 0.354. The van der Waals surface area contributed by atoms with Crippen LogP contribution >= 0.6 is 0 Å². The van der Waals surface area contributed by atoms with Gasteiger partial charge in [0.25, 0.3) is 17.7 Å². The van der Waals surface area contributed by atoms with Gasteiger partial charge in [-0.1, -0.05) is 38.1 Å². The fourth-order valence-corrected chi connectivity index (χ4v) is 5.35. The number of amides is 3. The van der Waals surface area contributed by atoms with Gasteiger partial charge in [0.1, 0.15) is 11.9 Å². The lowest BCUT2D eigenvalue weighted by Crippen LogP contribution is -2.57. The summed E-state index contributed by atoms with van der Waals surface area (Å²) in [5, 5.41) is 19.6. The molecule has 1 saturated heterocycles. The van der Waals surface area contributed by atoms with E-state index in [0.717, 1.165) is 11.3 Å². The van der Waals surface area contributed by atoms with Gasteiger partial charge in [-0.05, 0) is 48.2 Å². The van der Waals surface area contributed by atoms with Crippen LogP contribution in [0.3, 0.4) is 0 Å². The number of nitrogens with zero attached hydrogens (tertiary/aromatic N) is 1. The standard InChI is InChI=1S/C29H33F3N4O4/c1-4-12-34-26(39)24-28(2,3)29(31,32)16-36(24)27(40)23(37)22(15-17-7-5-8-18(30)14-17)35-25(38)20-9-6-10-21-19(20)11-13-33-21/h4-10,14,22-24,33,37H,1,11-13,15-16H2,2-3H3,(H,34,39)(H,35,38)/t22-,23-,24+/m0/s1. The van der Waals surface area contributed by atoms with Gasteiger partial charge in [0.2, 0.25) is 5.91 Å². The van der Waals surface area contributed by atoms with Gasteiger partial charge in [0.05, 0.1) is 18.0 Å². The molecule has 3 amide bonds. The van der Waals surface area contributed by atoms with Crippen LogP contribution in [0.1, 0.15) is 35.3 Å². The molecule has 3 atom stereocenters. The summed E-state index contributed by atoms with van der Waals surface area (Å²) in [6.45, 7) is 5.40. The first-order valence-corrected chi connectivity index (χ1v) is 13.0. The minimum Gasteiger partial charge on any atom is -0.384 e. The zero-order chi connectivity index (χ0) is 29.2. The van der Waals surface area contributed by atoms with Crippen LogP contribution in [0.15, 0.2) is 55.1 Å². The molecule has 0 saturated carbocycles. The van der Waals surface area contributed by atoms with Crippen LogP contribution in [0.25, 0.3) is 0 Å². The number of alkyl halides is 2. The molecule has 0 aromatic heterocycles. The molecule has 1 fully saturated rings. The average molecular weight is 559 g/mol. The molecule has 2 aliphatic heterocycles. The third kappa shape index (κ3) is 5.56. The van der Waals surface area contributed by atoms with Crippen LogP contribution in [0.4, 0.5) is 18.9 Å². The minimum absolute atomic E-state index is 0.00389. The minimum atomic E-state index is -3.45. The second-order valence-corrected chi connectivity index (χ2v) is 10.7. The van der Waals surface area contributed by atoms with E-state index in [1.54, 1.807) is 18.2 Å². The summed E-state index contributed by atoms with van der Waals surface area (Å²) in [5.74, 6) is -6.56. The highest BCUT2D eigenvalue weighted by Crippen LogP contribution is 2.48. The van der Waals surface area contributed by atoms with E-state index in [4.69, 9.17) is 0 Å². The summed E-state index contributed by atoms with van der Waals surface area (Å²) >= 11 is 0. The summed E-state index contributed by atoms with van der Waals surface area (Å²) in [6.07, 6.45) is -0.222. The second kappa shape index (κ2) is 11.3. The molecule has 11 heteroatoms. The fourth-order valence-electron chi connectivity index (χ4n) is 5.35. The maximum atomic E-state index is 15.1. The molecule has 0 bridgehead atoms. The van der Waals surface area contributed by atoms with Crippen molar-refractivity contribution < 1.29 is 32.7 Å². The Morgan fingerprint density at radius 2 is 1.95 bits per heavy atom. The molecule has 214 valence electrons. The maximum Gasteiger partial charge on any atom is 0.272 e. The van der Waals surface area contributed by atoms with Crippen LogP contribution in [-0.2, 0) is 22.4 Å². The molecule has 0 aliphatic carbocycles. The number of benzene rings is 2. The van der Waals surface area contributed by atoms with Crippen LogP contribution < -0.4 is 16.0 Å². The first kappa shape index (κ1) is 29.1. The molecule has 0 spiro atoms. The number of halogens is 3. The van der Waals surface area contributed by atoms with Gasteiger partial charge in [0, 0.05) is 24.3 Å². The SMILES string of the molecule is C=CCNC(=O)[C@H]1N(C(=O)[C@@H](O)[C@H](Cc2cccc(F)c2)NC(=O)c2cccc3c2CCN3)CC(F)(F)C1(C)C. The van der Waals surface area contributed by atoms with Gasteiger partial charge in [-0.3, -0.25) is 14.4 Å². The number of anilines is 1. The number of carbonyl (C=O) groups excluding carboxylic acids is 3. The molecular weight excluding hydrogens is 525 g/mol.